The molecule has 0 bridgehead atoms. The first kappa shape index (κ1) is 12.9. The van der Waals surface area contributed by atoms with E-state index < -0.39 is 12.0 Å². The third kappa shape index (κ3) is 4.46. The van der Waals surface area contributed by atoms with E-state index in [1.807, 2.05) is 0 Å². The monoisotopic (exact) mass is 234 g/mol. The molecule has 0 aliphatic heterocycles. The lowest BCUT2D eigenvalue weighted by Gasteiger charge is -2.12. The van der Waals surface area contributed by atoms with Crippen molar-refractivity contribution in [2.45, 2.75) is 18.9 Å². The van der Waals surface area contributed by atoms with Crippen LogP contribution in [0, 0.1) is 0 Å². The molecule has 5 heteroatoms. The number of carbonyl (C=O) groups is 2. The maximum atomic E-state index is 11.6. The Morgan fingerprint density at radius 3 is 2.82 bits per heavy atom. The summed E-state index contributed by atoms with van der Waals surface area (Å²) < 4.78 is 0. The molecule has 0 aliphatic rings. The number of nitrogens with one attached hydrogen (secondary N) is 1. The Kier molecular flexibility index (Phi) is 4.87. The van der Waals surface area contributed by atoms with E-state index in [4.69, 9.17) is 5.11 Å². The predicted molar refractivity (Wildman–Crippen MR) is 62.3 cm³/mol. The molecular formula is C12H14N2O3. The summed E-state index contributed by atoms with van der Waals surface area (Å²) in [5.74, 6) is -1.43. The Balaban J connectivity index is 2.53. The smallest absolute Gasteiger partial charge is 0.326 e. The Morgan fingerprint density at radius 2 is 2.29 bits per heavy atom. The van der Waals surface area contributed by atoms with Crippen LogP contribution < -0.4 is 5.32 Å². The van der Waals surface area contributed by atoms with Gasteiger partial charge in [-0.25, -0.2) is 4.79 Å². The summed E-state index contributed by atoms with van der Waals surface area (Å²) in [6.45, 7) is 3.45. The number of carboxylic acids is 1. The Labute approximate surface area is 99.2 Å². The number of aliphatic carboxylic acids is 1. The number of hydrogen-bond donors (Lipinski definition) is 2. The van der Waals surface area contributed by atoms with Gasteiger partial charge in [-0.2, -0.15) is 0 Å². The van der Waals surface area contributed by atoms with Gasteiger partial charge in [0.2, 0.25) is 5.91 Å². The molecule has 2 N–H and O–H groups in total. The van der Waals surface area contributed by atoms with Crippen LogP contribution in [0.25, 0.3) is 0 Å². The van der Waals surface area contributed by atoms with Crippen LogP contribution in [0.1, 0.15) is 12.1 Å². The molecule has 17 heavy (non-hydrogen) atoms. The van der Waals surface area contributed by atoms with Gasteiger partial charge in [-0.05, 0) is 18.6 Å². The first-order valence-corrected chi connectivity index (χ1v) is 5.16. The van der Waals surface area contributed by atoms with Crippen molar-refractivity contribution in [3.8, 4) is 0 Å². The summed E-state index contributed by atoms with van der Waals surface area (Å²) in [6, 6.07) is 4.31. The molecule has 0 saturated heterocycles. The molecule has 1 rings (SSSR count). The van der Waals surface area contributed by atoms with Crippen LogP contribution in [0.15, 0.2) is 37.1 Å². The van der Waals surface area contributed by atoms with Crippen molar-refractivity contribution in [1.82, 2.24) is 10.3 Å². The molecular weight excluding hydrogens is 220 g/mol. The highest BCUT2D eigenvalue weighted by molar-refractivity contribution is 5.84. The molecule has 1 aromatic heterocycles. The van der Waals surface area contributed by atoms with Gasteiger partial charge in [-0.3, -0.25) is 9.78 Å². The van der Waals surface area contributed by atoms with Crippen LogP contribution in [0.3, 0.4) is 0 Å². The van der Waals surface area contributed by atoms with Crippen molar-refractivity contribution in [2.75, 3.05) is 0 Å². The number of hydrogen-bond acceptors (Lipinski definition) is 3. The van der Waals surface area contributed by atoms with Gasteiger partial charge in [0.1, 0.15) is 6.04 Å². The van der Waals surface area contributed by atoms with Crippen LogP contribution in [-0.2, 0) is 16.0 Å². The number of rotatable bonds is 6. The summed E-state index contributed by atoms with van der Waals surface area (Å²) in [4.78, 5) is 26.3. The number of aromatic nitrogens is 1. The van der Waals surface area contributed by atoms with E-state index >= 15 is 0 Å². The fraction of sp³-hybridized carbons (Fsp3) is 0.250. The minimum Gasteiger partial charge on any atom is -0.480 e. The molecule has 0 saturated carbocycles. The molecule has 0 spiro atoms. The van der Waals surface area contributed by atoms with Crippen molar-refractivity contribution in [3.63, 3.8) is 0 Å². The van der Waals surface area contributed by atoms with Crippen molar-refractivity contribution in [3.05, 3.63) is 42.7 Å². The zero-order chi connectivity index (χ0) is 12.7. The molecule has 0 fully saturated rings. The van der Waals surface area contributed by atoms with E-state index in [-0.39, 0.29) is 18.7 Å². The molecule has 0 radical (unpaired) electrons. The molecule has 1 amide bonds. The second-order valence-electron chi connectivity index (χ2n) is 3.48. The fourth-order valence-corrected chi connectivity index (χ4v) is 1.30. The van der Waals surface area contributed by atoms with Crippen LogP contribution in [0.5, 0.6) is 0 Å². The van der Waals surface area contributed by atoms with Gasteiger partial charge in [0.15, 0.2) is 0 Å². The van der Waals surface area contributed by atoms with E-state index in [0.29, 0.717) is 5.69 Å². The number of carbonyl (C=O) groups excluding carboxylic acids is 1. The molecule has 1 heterocycles. The van der Waals surface area contributed by atoms with Gasteiger partial charge in [0, 0.05) is 11.9 Å². The lowest BCUT2D eigenvalue weighted by Crippen LogP contribution is -2.41. The third-order valence-electron chi connectivity index (χ3n) is 2.10. The number of carboxylic acid groups (broad SMARTS) is 1. The second kappa shape index (κ2) is 6.42. The van der Waals surface area contributed by atoms with E-state index in [1.54, 1.807) is 24.4 Å². The minimum absolute atomic E-state index is 0.0712. The molecule has 1 aromatic rings. The topological polar surface area (TPSA) is 79.3 Å². The maximum absolute atomic E-state index is 11.6. The van der Waals surface area contributed by atoms with Crippen molar-refractivity contribution >= 4 is 11.9 Å². The maximum Gasteiger partial charge on any atom is 0.326 e. The van der Waals surface area contributed by atoms with Gasteiger partial charge in [-0.15, -0.1) is 6.58 Å². The summed E-state index contributed by atoms with van der Waals surface area (Å²) in [6.07, 6.45) is 3.31. The van der Waals surface area contributed by atoms with E-state index in [2.05, 4.69) is 16.9 Å². The normalized spacial score (nSPS) is 11.5. The van der Waals surface area contributed by atoms with Crippen LogP contribution >= 0.6 is 0 Å². The zero-order valence-corrected chi connectivity index (χ0v) is 9.30. The first-order valence-electron chi connectivity index (χ1n) is 5.16. The summed E-state index contributed by atoms with van der Waals surface area (Å²) in [5, 5.41) is 11.3. The number of pyridine rings is 1. The van der Waals surface area contributed by atoms with Crippen molar-refractivity contribution in [1.29, 1.82) is 0 Å². The summed E-state index contributed by atoms with van der Waals surface area (Å²) >= 11 is 0. The molecule has 0 aromatic carbocycles. The fourth-order valence-electron chi connectivity index (χ4n) is 1.30. The van der Waals surface area contributed by atoms with Crippen molar-refractivity contribution in [2.24, 2.45) is 0 Å². The molecule has 5 nitrogen and oxygen atoms in total. The van der Waals surface area contributed by atoms with Crippen LogP contribution in [0.4, 0.5) is 0 Å². The summed E-state index contributed by atoms with van der Waals surface area (Å²) in [7, 11) is 0. The van der Waals surface area contributed by atoms with Crippen molar-refractivity contribution < 1.29 is 14.7 Å². The molecule has 1 unspecified atom stereocenters. The standard InChI is InChI=1S/C12H14N2O3/c1-2-5-10(12(16)17)14-11(15)8-9-6-3-4-7-13-9/h2-4,6-7,10H,1,5,8H2,(H,14,15)(H,16,17). The quantitative estimate of drug-likeness (QED) is 0.712. The largest absolute Gasteiger partial charge is 0.480 e. The van der Waals surface area contributed by atoms with Crippen LogP contribution in [0.2, 0.25) is 0 Å². The van der Waals surface area contributed by atoms with Gasteiger partial charge in [0.05, 0.1) is 6.42 Å². The minimum atomic E-state index is -1.07. The number of nitrogens with zero attached hydrogens (tertiary/aromatic N) is 1. The average molecular weight is 234 g/mol. The Morgan fingerprint density at radius 1 is 1.53 bits per heavy atom. The highest BCUT2D eigenvalue weighted by Gasteiger charge is 2.18. The average Bonchev–Trinajstić information content (AvgIpc) is 2.29. The molecule has 0 aliphatic carbocycles. The predicted octanol–water partition coefficient (Wildman–Crippen LogP) is 0.770. The molecule has 1 atom stereocenters. The highest BCUT2D eigenvalue weighted by Crippen LogP contribution is 1.97. The van der Waals surface area contributed by atoms with Gasteiger partial charge in [-0.1, -0.05) is 12.1 Å². The van der Waals surface area contributed by atoms with Gasteiger partial charge < -0.3 is 10.4 Å². The SMILES string of the molecule is C=CCC(NC(=O)Cc1ccccn1)C(=O)O. The molecule has 90 valence electrons. The van der Waals surface area contributed by atoms with Gasteiger partial charge >= 0.3 is 5.97 Å². The number of amides is 1. The zero-order valence-electron chi connectivity index (χ0n) is 9.30. The van der Waals surface area contributed by atoms with Crippen LogP contribution in [-0.4, -0.2) is 28.0 Å². The van der Waals surface area contributed by atoms with E-state index in [0.717, 1.165) is 0 Å². The third-order valence-corrected chi connectivity index (χ3v) is 2.10. The lowest BCUT2D eigenvalue weighted by molar-refractivity contribution is -0.141. The Hall–Kier alpha value is -2.17. The lowest BCUT2D eigenvalue weighted by atomic mass is 10.2. The summed E-state index contributed by atoms with van der Waals surface area (Å²) in [5.41, 5.74) is 0.604. The Bertz CT molecular complexity index is 403. The van der Waals surface area contributed by atoms with Gasteiger partial charge in [0.25, 0.3) is 0 Å². The van der Waals surface area contributed by atoms with E-state index in [9.17, 15) is 9.59 Å². The first-order chi connectivity index (χ1) is 8.13. The highest BCUT2D eigenvalue weighted by atomic mass is 16.4. The second-order valence-corrected chi connectivity index (χ2v) is 3.48. The van der Waals surface area contributed by atoms with E-state index in [1.165, 1.54) is 6.08 Å².